The van der Waals surface area contributed by atoms with Crippen LogP contribution in [0.15, 0.2) is 12.2 Å². The average Bonchev–Trinajstić information content (AvgIpc) is 2.36. The van der Waals surface area contributed by atoms with Crippen LogP contribution in [0.3, 0.4) is 0 Å². The normalized spacial score (nSPS) is 14.1. The summed E-state index contributed by atoms with van der Waals surface area (Å²) >= 11 is 0. The van der Waals surface area contributed by atoms with Gasteiger partial charge in [0.25, 0.3) is 0 Å². The number of hydrogen-bond donors (Lipinski definition) is 2. The van der Waals surface area contributed by atoms with E-state index >= 15 is 0 Å². The van der Waals surface area contributed by atoms with Crippen LogP contribution in [-0.4, -0.2) is 22.4 Å². The van der Waals surface area contributed by atoms with Crippen molar-refractivity contribution in [3.63, 3.8) is 0 Å². The molecule has 0 aromatic rings. The maximum absolute atomic E-state index is 9.20. The van der Waals surface area contributed by atoms with Crippen LogP contribution in [0.25, 0.3) is 0 Å². The highest BCUT2D eigenvalue weighted by molar-refractivity contribution is 4.80. The lowest BCUT2D eigenvalue weighted by Crippen LogP contribution is -2.25. The quantitative estimate of drug-likeness (QED) is 0.600. The second-order valence-electron chi connectivity index (χ2n) is 4.76. The molecule has 2 unspecified atom stereocenters. The Labute approximate surface area is 114 Å². The highest BCUT2D eigenvalue weighted by atomic mass is 16.3. The van der Waals surface area contributed by atoms with Crippen LogP contribution < -0.4 is 0 Å². The molecule has 2 heteroatoms. The fourth-order valence-electron chi connectivity index (χ4n) is 1.55. The lowest BCUT2D eigenvalue weighted by atomic mass is 10.1. The first-order valence-electron chi connectivity index (χ1n) is 7.64. The van der Waals surface area contributed by atoms with Gasteiger partial charge in [0.1, 0.15) is 0 Å². The van der Waals surface area contributed by atoms with Gasteiger partial charge < -0.3 is 10.2 Å². The van der Waals surface area contributed by atoms with Gasteiger partial charge >= 0.3 is 0 Å². The van der Waals surface area contributed by atoms with E-state index in [-0.39, 0.29) is 0 Å². The number of rotatable bonds is 9. The highest BCUT2D eigenvalue weighted by Crippen LogP contribution is 2.06. The van der Waals surface area contributed by atoms with Gasteiger partial charge in [-0.25, -0.2) is 0 Å². The van der Waals surface area contributed by atoms with E-state index in [9.17, 15) is 10.2 Å². The smallest absolute Gasteiger partial charge is 0.0799 e. The second kappa shape index (κ2) is 16.7. The van der Waals surface area contributed by atoms with Gasteiger partial charge in [-0.1, -0.05) is 65.5 Å². The zero-order chi connectivity index (χ0) is 14.2. The minimum Gasteiger partial charge on any atom is -0.390 e. The van der Waals surface area contributed by atoms with Crippen LogP contribution in [0.1, 0.15) is 79.1 Å². The molecule has 0 aliphatic heterocycles. The lowest BCUT2D eigenvalue weighted by molar-refractivity contribution is 0.00923. The Morgan fingerprint density at radius 3 is 1.22 bits per heavy atom. The summed E-state index contributed by atoms with van der Waals surface area (Å²) in [4.78, 5) is 0. The van der Waals surface area contributed by atoms with E-state index in [2.05, 4.69) is 26.0 Å². The van der Waals surface area contributed by atoms with Crippen molar-refractivity contribution in [2.75, 3.05) is 0 Å². The maximum atomic E-state index is 9.20. The lowest BCUT2D eigenvalue weighted by Gasteiger charge is -2.15. The molecule has 0 bridgehead atoms. The molecule has 2 atom stereocenters. The van der Waals surface area contributed by atoms with E-state index in [1.807, 2.05) is 13.8 Å². The Morgan fingerprint density at radius 2 is 1.00 bits per heavy atom. The third-order valence-electron chi connectivity index (χ3n) is 2.69. The van der Waals surface area contributed by atoms with Crippen LogP contribution >= 0.6 is 0 Å². The number of unbranched alkanes of at least 4 members (excludes halogenated alkanes) is 2. The van der Waals surface area contributed by atoms with E-state index in [1.165, 1.54) is 25.7 Å². The van der Waals surface area contributed by atoms with Gasteiger partial charge in [-0.3, -0.25) is 0 Å². The third-order valence-corrected chi connectivity index (χ3v) is 2.69. The van der Waals surface area contributed by atoms with Crippen molar-refractivity contribution in [3.05, 3.63) is 12.2 Å². The molecule has 0 saturated heterocycles. The molecule has 0 aromatic heterocycles. The molecular formula is C16H34O2. The molecule has 0 aromatic carbocycles. The Kier molecular flexibility index (Phi) is 18.5. The summed E-state index contributed by atoms with van der Waals surface area (Å²) in [5, 5.41) is 18.4. The van der Waals surface area contributed by atoms with E-state index in [0.29, 0.717) is 12.8 Å². The van der Waals surface area contributed by atoms with Crippen molar-refractivity contribution in [1.82, 2.24) is 0 Å². The molecule has 0 amide bonds. The van der Waals surface area contributed by atoms with Crippen molar-refractivity contribution in [3.8, 4) is 0 Å². The zero-order valence-corrected chi connectivity index (χ0v) is 12.9. The first-order chi connectivity index (χ1) is 8.63. The van der Waals surface area contributed by atoms with Crippen LogP contribution in [0.2, 0.25) is 0 Å². The summed E-state index contributed by atoms with van der Waals surface area (Å²) in [6.07, 6.45) is 11.9. The molecule has 0 spiro atoms. The summed E-state index contributed by atoms with van der Waals surface area (Å²) in [5.74, 6) is 0. The number of aliphatic hydroxyl groups excluding tert-OH is 2. The monoisotopic (exact) mass is 258 g/mol. The zero-order valence-electron chi connectivity index (χ0n) is 12.9. The third kappa shape index (κ3) is 15.7. The van der Waals surface area contributed by atoms with Gasteiger partial charge in [-0.15, -0.1) is 0 Å². The van der Waals surface area contributed by atoms with Crippen molar-refractivity contribution in [2.45, 2.75) is 91.3 Å². The van der Waals surface area contributed by atoms with Gasteiger partial charge in [-0.2, -0.15) is 0 Å². The summed E-state index contributed by atoms with van der Waals surface area (Å²) in [6.45, 7) is 8.41. The highest BCUT2D eigenvalue weighted by Gasteiger charge is 2.12. The molecule has 0 heterocycles. The summed E-state index contributed by atoms with van der Waals surface area (Å²) in [7, 11) is 0. The first kappa shape index (κ1) is 20.0. The van der Waals surface area contributed by atoms with Gasteiger partial charge in [0, 0.05) is 0 Å². The summed E-state index contributed by atoms with van der Waals surface area (Å²) in [5.41, 5.74) is 0. The molecule has 2 N–H and O–H groups in total. The average molecular weight is 258 g/mol. The van der Waals surface area contributed by atoms with Crippen molar-refractivity contribution < 1.29 is 10.2 Å². The van der Waals surface area contributed by atoms with Gasteiger partial charge in [0.15, 0.2) is 0 Å². The Morgan fingerprint density at radius 1 is 0.667 bits per heavy atom. The van der Waals surface area contributed by atoms with E-state index in [0.717, 1.165) is 12.8 Å². The fraction of sp³-hybridized carbons (Fsp3) is 0.875. The summed E-state index contributed by atoms with van der Waals surface area (Å²) < 4.78 is 0. The van der Waals surface area contributed by atoms with Crippen LogP contribution in [0, 0.1) is 0 Å². The van der Waals surface area contributed by atoms with Crippen LogP contribution in [-0.2, 0) is 0 Å². The van der Waals surface area contributed by atoms with Crippen molar-refractivity contribution in [2.24, 2.45) is 0 Å². The summed E-state index contributed by atoms with van der Waals surface area (Å²) in [6, 6.07) is 0. The van der Waals surface area contributed by atoms with E-state index < -0.39 is 12.2 Å². The van der Waals surface area contributed by atoms with Gasteiger partial charge in [-0.05, 0) is 25.7 Å². The van der Waals surface area contributed by atoms with E-state index in [4.69, 9.17) is 0 Å². The maximum Gasteiger partial charge on any atom is 0.0799 e. The predicted octanol–water partition coefficient (Wildman–Crippen LogP) is 4.45. The number of hydrogen-bond acceptors (Lipinski definition) is 2. The molecule has 0 radical (unpaired) electrons. The SMILES string of the molecule is CCC/C=C/CCC.CCCC(O)C(O)CCC. The largest absolute Gasteiger partial charge is 0.390 e. The topological polar surface area (TPSA) is 40.5 Å². The molecular weight excluding hydrogens is 224 g/mol. The molecule has 2 nitrogen and oxygen atoms in total. The predicted molar refractivity (Wildman–Crippen MR) is 80.8 cm³/mol. The molecule has 18 heavy (non-hydrogen) atoms. The fourth-order valence-corrected chi connectivity index (χ4v) is 1.55. The van der Waals surface area contributed by atoms with Crippen molar-refractivity contribution >= 4 is 0 Å². The van der Waals surface area contributed by atoms with Gasteiger partial charge in [0.2, 0.25) is 0 Å². The van der Waals surface area contributed by atoms with Gasteiger partial charge in [0.05, 0.1) is 12.2 Å². The first-order valence-corrected chi connectivity index (χ1v) is 7.64. The molecule has 0 aliphatic carbocycles. The Bertz CT molecular complexity index is 148. The molecule has 0 aliphatic rings. The Balaban J connectivity index is 0. The Hall–Kier alpha value is -0.340. The van der Waals surface area contributed by atoms with Crippen LogP contribution in [0.5, 0.6) is 0 Å². The van der Waals surface area contributed by atoms with Crippen molar-refractivity contribution in [1.29, 1.82) is 0 Å². The molecule has 0 saturated carbocycles. The van der Waals surface area contributed by atoms with Crippen LogP contribution in [0.4, 0.5) is 0 Å². The minimum atomic E-state index is -0.509. The number of allylic oxidation sites excluding steroid dienone is 2. The standard InChI is InChI=1S/C8H18O2.C8H16/c1-3-5-7(9)8(10)6-4-2;1-3-5-7-8-6-4-2/h7-10H,3-6H2,1-2H3;7-8H,3-6H2,1-2H3/b;8-7+. The van der Waals surface area contributed by atoms with E-state index in [1.54, 1.807) is 0 Å². The number of aliphatic hydroxyl groups is 2. The minimum absolute atomic E-state index is 0.509. The molecule has 0 fully saturated rings. The molecule has 0 rings (SSSR count). The molecule has 110 valence electrons. The second-order valence-corrected chi connectivity index (χ2v) is 4.76.